The lowest BCUT2D eigenvalue weighted by molar-refractivity contribution is -0.181. The zero-order valence-electron chi connectivity index (χ0n) is 14.6. The van der Waals surface area contributed by atoms with Crippen LogP contribution in [0, 0.1) is 6.92 Å². The van der Waals surface area contributed by atoms with Crippen LogP contribution in [0.3, 0.4) is 0 Å². The van der Waals surface area contributed by atoms with Gasteiger partial charge in [-0.25, -0.2) is 13.1 Å². The van der Waals surface area contributed by atoms with Crippen molar-refractivity contribution in [2.45, 2.75) is 37.4 Å². The van der Waals surface area contributed by atoms with E-state index in [2.05, 4.69) is 4.72 Å². The second-order valence-electron chi connectivity index (χ2n) is 6.38. The van der Waals surface area contributed by atoms with Gasteiger partial charge < -0.3 is 14.4 Å². The van der Waals surface area contributed by atoms with Crippen LogP contribution >= 0.6 is 0 Å². The number of hydrogen-bond donors (Lipinski definition) is 1. The van der Waals surface area contributed by atoms with Gasteiger partial charge in [0.2, 0.25) is 10.0 Å². The maximum absolute atomic E-state index is 12.9. The summed E-state index contributed by atoms with van der Waals surface area (Å²) in [7, 11) is -3.59. The Hall–Kier alpha value is -1.48. The number of ether oxygens (including phenoxy) is 2. The van der Waals surface area contributed by atoms with Crippen molar-refractivity contribution in [3.8, 4) is 0 Å². The summed E-state index contributed by atoms with van der Waals surface area (Å²) in [5, 5.41) is 0. The van der Waals surface area contributed by atoms with E-state index < -0.39 is 15.8 Å². The molecule has 2 aliphatic rings. The van der Waals surface area contributed by atoms with E-state index in [1.807, 2.05) is 6.92 Å². The fraction of sp³-hybridized carbons (Fsp3) is 0.588. The number of carbonyl (C=O) groups is 1. The monoisotopic (exact) mass is 368 g/mol. The first-order valence-electron chi connectivity index (χ1n) is 8.54. The lowest BCUT2D eigenvalue weighted by Gasteiger charge is -2.37. The SMILES string of the molecule is CCNS(=O)(=O)c1ccc(C)c(C(=O)N2CCC3(CC2)OCCO3)c1. The van der Waals surface area contributed by atoms with Crippen molar-refractivity contribution in [2.75, 3.05) is 32.8 Å². The van der Waals surface area contributed by atoms with Gasteiger partial charge in [0.25, 0.3) is 5.91 Å². The number of hydrogen-bond acceptors (Lipinski definition) is 5. The minimum Gasteiger partial charge on any atom is -0.347 e. The molecule has 0 aromatic heterocycles. The molecule has 2 saturated heterocycles. The summed E-state index contributed by atoms with van der Waals surface area (Å²) in [5.41, 5.74) is 1.18. The average molecular weight is 368 g/mol. The van der Waals surface area contributed by atoms with Crippen LogP contribution in [0.15, 0.2) is 23.1 Å². The van der Waals surface area contributed by atoms with Gasteiger partial charge in [-0.1, -0.05) is 13.0 Å². The molecule has 7 nitrogen and oxygen atoms in total. The summed E-state index contributed by atoms with van der Waals surface area (Å²) in [5.74, 6) is -0.693. The second kappa shape index (κ2) is 7.03. The maximum atomic E-state index is 12.9. The van der Waals surface area contributed by atoms with Gasteiger partial charge in [-0.15, -0.1) is 0 Å². The van der Waals surface area contributed by atoms with Gasteiger partial charge >= 0.3 is 0 Å². The van der Waals surface area contributed by atoms with Gasteiger partial charge in [0.1, 0.15) is 0 Å². The van der Waals surface area contributed by atoms with Gasteiger partial charge in [0.15, 0.2) is 5.79 Å². The topological polar surface area (TPSA) is 84.9 Å². The molecule has 0 saturated carbocycles. The number of sulfonamides is 1. The molecule has 2 aliphatic heterocycles. The number of nitrogens with one attached hydrogen (secondary N) is 1. The number of carbonyl (C=O) groups excluding carboxylic acids is 1. The van der Waals surface area contributed by atoms with Crippen molar-refractivity contribution < 1.29 is 22.7 Å². The molecule has 1 aromatic carbocycles. The van der Waals surface area contributed by atoms with Crippen molar-refractivity contribution in [3.05, 3.63) is 29.3 Å². The Balaban J connectivity index is 1.78. The van der Waals surface area contributed by atoms with Crippen molar-refractivity contribution in [1.29, 1.82) is 0 Å². The number of likely N-dealkylation sites (tertiary alicyclic amines) is 1. The van der Waals surface area contributed by atoms with Crippen LogP contribution in [0.1, 0.15) is 35.7 Å². The van der Waals surface area contributed by atoms with Crippen molar-refractivity contribution in [2.24, 2.45) is 0 Å². The Bertz CT molecular complexity index is 746. The Morgan fingerprint density at radius 3 is 2.48 bits per heavy atom. The fourth-order valence-corrected chi connectivity index (χ4v) is 4.35. The smallest absolute Gasteiger partial charge is 0.254 e. The highest BCUT2D eigenvalue weighted by Crippen LogP contribution is 2.32. The van der Waals surface area contributed by atoms with Crippen LogP contribution in [-0.4, -0.2) is 57.9 Å². The van der Waals surface area contributed by atoms with Crippen LogP contribution in [-0.2, 0) is 19.5 Å². The number of nitrogens with zero attached hydrogens (tertiary/aromatic N) is 1. The second-order valence-corrected chi connectivity index (χ2v) is 8.14. The molecule has 0 unspecified atom stereocenters. The standard InChI is InChI=1S/C17H24N2O5S/c1-3-18-25(21,22)14-5-4-13(2)15(12-14)16(20)19-8-6-17(7-9-19)23-10-11-24-17/h4-5,12,18H,3,6-11H2,1-2H3. The highest BCUT2D eigenvalue weighted by Gasteiger charge is 2.41. The number of rotatable bonds is 4. The summed E-state index contributed by atoms with van der Waals surface area (Å²) < 4.78 is 38.2. The number of piperidine rings is 1. The molecular weight excluding hydrogens is 344 g/mol. The molecule has 1 aromatic rings. The Kier molecular flexibility index (Phi) is 5.15. The molecule has 138 valence electrons. The summed E-state index contributed by atoms with van der Waals surface area (Å²) >= 11 is 0. The highest BCUT2D eigenvalue weighted by molar-refractivity contribution is 7.89. The van der Waals surface area contributed by atoms with E-state index in [9.17, 15) is 13.2 Å². The largest absolute Gasteiger partial charge is 0.347 e. The minimum absolute atomic E-state index is 0.110. The van der Waals surface area contributed by atoms with E-state index in [0.717, 1.165) is 5.56 Å². The van der Waals surface area contributed by atoms with Crippen LogP contribution in [0.25, 0.3) is 0 Å². The number of aryl methyl sites for hydroxylation is 1. The predicted octanol–water partition coefficient (Wildman–Crippen LogP) is 1.27. The first-order chi connectivity index (χ1) is 11.9. The summed E-state index contributed by atoms with van der Waals surface area (Å²) in [6.07, 6.45) is 1.26. The summed E-state index contributed by atoms with van der Waals surface area (Å²) in [4.78, 5) is 14.7. The van der Waals surface area contributed by atoms with E-state index in [1.165, 1.54) is 12.1 Å². The molecule has 0 aliphatic carbocycles. The highest BCUT2D eigenvalue weighted by atomic mass is 32.2. The van der Waals surface area contributed by atoms with Crippen LogP contribution in [0.2, 0.25) is 0 Å². The van der Waals surface area contributed by atoms with Crippen LogP contribution in [0.4, 0.5) is 0 Å². The fourth-order valence-electron chi connectivity index (χ4n) is 3.28. The Labute approximate surface area is 148 Å². The quantitative estimate of drug-likeness (QED) is 0.865. The Morgan fingerprint density at radius 2 is 1.88 bits per heavy atom. The third-order valence-electron chi connectivity index (χ3n) is 4.71. The van der Waals surface area contributed by atoms with E-state index >= 15 is 0 Å². The van der Waals surface area contributed by atoms with E-state index in [1.54, 1.807) is 17.9 Å². The Morgan fingerprint density at radius 1 is 1.24 bits per heavy atom. The minimum atomic E-state index is -3.59. The maximum Gasteiger partial charge on any atom is 0.254 e. The van der Waals surface area contributed by atoms with E-state index in [-0.39, 0.29) is 10.8 Å². The molecule has 1 amide bonds. The molecule has 0 bridgehead atoms. The van der Waals surface area contributed by atoms with Gasteiger partial charge in [0.05, 0.1) is 18.1 Å². The molecule has 0 radical (unpaired) electrons. The molecule has 8 heteroatoms. The summed E-state index contributed by atoms with van der Waals surface area (Å²) in [6, 6.07) is 4.66. The van der Waals surface area contributed by atoms with Crippen LogP contribution in [0.5, 0.6) is 0 Å². The third kappa shape index (κ3) is 3.72. The lowest BCUT2D eigenvalue weighted by Crippen LogP contribution is -2.47. The molecule has 1 spiro atoms. The van der Waals surface area contributed by atoms with Crippen LogP contribution < -0.4 is 4.72 Å². The zero-order chi connectivity index (χ0) is 18.1. The predicted molar refractivity (Wildman–Crippen MR) is 91.8 cm³/mol. The first kappa shape index (κ1) is 18.3. The van der Waals surface area contributed by atoms with E-state index in [0.29, 0.717) is 51.3 Å². The van der Waals surface area contributed by atoms with Gasteiger partial charge in [0, 0.05) is 38.0 Å². The number of amides is 1. The van der Waals surface area contributed by atoms with Gasteiger partial charge in [-0.05, 0) is 24.6 Å². The summed E-state index contributed by atoms with van der Waals surface area (Å²) in [6.45, 7) is 6.08. The molecule has 2 fully saturated rings. The molecular formula is C17H24N2O5S. The lowest BCUT2D eigenvalue weighted by atomic mass is 10.0. The molecule has 1 N–H and O–H groups in total. The molecule has 3 rings (SSSR count). The van der Waals surface area contributed by atoms with Crippen molar-refractivity contribution in [1.82, 2.24) is 9.62 Å². The molecule has 2 heterocycles. The first-order valence-corrected chi connectivity index (χ1v) is 10.0. The van der Waals surface area contributed by atoms with E-state index in [4.69, 9.17) is 9.47 Å². The average Bonchev–Trinajstić information content (AvgIpc) is 3.03. The van der Waals surface area contributed by atoms with Crippen molar-refractivity contribution >= 4 is 15.9 Å². The number of benzene rings is 1. The third-order valence-corrected chi connectivity index (χ3v) is 6.25. The van der Waals surface area contributed by atoms with Gasteiger partial charge in [-0.3, -0.25) is 4.79 Å². The normalized spacial score (nSPS) is 20.2. The molecule has 25 heavy (non-hydrogen) atoms. The van der Waals surface area contributed by atoms with Crippen molar-refractivity contribution in [3.63, 3.8) is 0 Å². The molecule has 0 atom stereocenters. The zero-order valence-corrected chi connectivity index (χ0v) is 15.4. The van der Waals surface area contributed by atoms with Gasteiger partial charge in [-0.2, -0.15) is 0 Å².